The van der Waals surface area contributed by atoms with Gasteiger partial charge in [-0.2, -0.15) is 0 Å². The highest BCUT2D eigenvalue weighted by Gasteiger charge is 2.40. The Kier molecular flexibility index (Phi) is 9.37. The number of rotatable bonds is 7. The van der Waals surface area contributed by atoms with Gasteiger partial charge in [0.05, 0.1) is 44.4 Å². The van der Waals surface area contributed by atoms with Crippen molar-refractivity contribution in [1.29, 1.82) is 0 Å². The average Bonchev–Trinajstić information content (AvgIpc) is 3.27. The largest absolute Gasteiger partial charge is 0.389 e. The van der Waals surface area contributed by atoms with Crippen molar-refractivity contribution in [1.82, 2.24) is 20.4 Å². The molecule has 1 aromatic carbocycles. The maximum atomic E-state index is 12.8. The number of carbonyl (C=O) groups is 2. The number of ether oxygens (including phenoxy) is 2. The Balaban J connectivity index is 1.26. The van der Waals surface area contributed by atoms with Crippen LogP contribution in [0, 0.1) is 0 Å². The first-order valence-corrected chi connectivity index (χ1v) is 13.0. The molecule has 0 aliphatic carbocycles. The molecular formula is C26H40N4O5. The molecule has 1 aromatic rings. The second-order valence-corrected chi connectivity index (χ2v) is 9.99. The molecule has 0 radical (unpaired) electrons. The molecule has 194 valence electrons. The highest BCUT2D eigenvalue weighted by molar-refractivity contribution is 5.77. The van der Waals surface area contributed by atoms with Gasteiger partial charge in [-0.15, -0.1) is 0 Å². The SMILES string of the molecule is CCCNC(=O)N1C[C@H](O)COC[C@@H]2O[C@H](CC(=O)N[C@H]3CCN(Cc4ccccc4)C3)CC[C@H]21. The van der Waals surface area contributed by atoms with Crippen LogP contribution in [0.3, 0.4) is 0 Å². The third-order valence-electron chi connectivity index (χ3n) is 7.07. The predicted octanol–water partition coefficient (Wildman–Crippen LogP) is 1.50. The van der Waals surface area contributed by atoms with Gasteiger partial charge in [-0.25, -0.2) is 4.79 Å². The third kappa shape index (κ3) is 7.39. The van der Waals surface area contributed by atoms with Gasteiger partial charge in [0.15, 0.2) is 0 Å². The Bertz CT molecular complexity index is 825. The summed E-state index contributed by atoms with van der Waals surface area (Å²) in [5.74, 6) is 0.0136. The summed E-state index contributed by atoms with van der Waals surface area (Å²) in [6.07, 6.45) is 2.27. The van der Waals surface area contributed by atoms with Crippen LogP contribution in [0.25, 0.3) is 0 Å². The number of fused-ring (bicyclic) bond motifs is 1. The van der Waals surface area contributed by atoms with Crippen molar-refractivity contribution >= 4 is 11.9 Å². The zero-order valence-corrected chi connectivity index (χ0v) is 20.7. The lowest BCUT2D eigenvalue weighted by Gasteiger charge is -2.44. The molecule has 9 nitrogen and oxygen atoms in total. The van der Waals surface area contributed by atoms with Gasteiger partial charge in [0.1, 0.15) is 6.10 Å². The van der Waals surface area contributed by atoms with Crippen molar-refractivity contribution in [2.24, 2.45) is 0 Å². The Morgan fingerprint density at radius 1 is 1.11 bits per heavy atom. The number of aliphatic hydroxyl groups is 1. The molecule has 3 aliphatic rings. The maximum Gasteiger partial charge on any atom is 0.317 e. The van der Waals surface area contributed by atoms with Crippen LogP contribution in [-0.2, 0) is 20.8 Å². The molecule has 3 aliphatic heterocycles. The van der Waals surface area contributed by atoms with Gasteiger partial charge in [-0.05, 0) is 31.2 Å². The van der Waals surface area contributed by atoms with Crippen LogP contribution in [-0.4, -0.2) is 96.6 Å². The minimum Gasteiger partial charge on any atom is -0.389 e. The summed E-state index contributed by atoms with van der Waals surface area (Å²) in [4.78, 5) is 29.6. The van der Waals surface area contributed by atoms with Gasteiger partial charge in [0.25, 0.3) is 0 Å². The first kappa shape index (κ1) is 25.9. The molecular weight excluding hydrogens is 448 g/mol. The predicted molar refractivity (Wildman–Crippen MR) is 132 cm³/mol. The van der Waals surface area contributed by atoms with Crippen LogP contribution in [0.15, 0.2) is 30.3 Å². The molecule has 3 amide bonds. The van der Waals surface area contributed by atoms with E-state index in [0.29, 0.717) is 32.4 Å². The fourth-order valence-electron chi connectivity index (χ4n) is 5.34. The van der Waals surface area contributed by atoms with E-state index >= 15 is 0 Å². The number of hydrogen-bond acceptors (Lipinski definition) is 6. The zero-order valence-electron chi connectivity index (χ0n) is 20.7. The van der Waals surface area contributed by atoms with Crippen LogP contribution < -0.4 is 10.6 Å². The molecule has 3 N–H and O–H groups in total. The number of nitrogens with zero attached hydrogens (tertiary/aromatic N) is 2. The molecule has 3 fully saturated rings. The van der Waals surface area contributed by atoms with E-state index in [9.17, 15) is 14.7 Å². The fourth-order valence-corrected chi connectivity index (χ4v) is 5.34. The number of benzene rings is 1. The highest BCUT2D eigenvalue weighted by Crippen LogP contribution is 2.28. The van der Waals surface area contributed by atoms with E-state index < -0.39 is 6.10 Å². The van der Waals surface area contributed by atoms with Crippen LogP contribution in [0.4, 0.5) is 4.79 Å². The lowest BCUT2D eigenvalue weighted by Crippen LogP contribution is -2.59. The summed E-state index contributed by atoms with van der Waals surface area (Å²) >= 11 is 0. The smallest absolute Gasteiger partial charge is 0.317 e. The lowest BCUT2D eigenvalue weighted by atomic mass is 9.95. The van der Waals surface area contributed by atoms with Crippen molar-refractivity contribution in [2.45, 2.75) is 76.0 Å². The molecule has 3 heterocycles. The van der Waals surface area contributed by atoms with Crippen LogP contribution >= 0.6 is 0 Å². The molecule has 35 heavy (non-hydrogen) atoms. The topological polar surface area (TPSA) is 103 Å². The molecule has 3 saturated heterocycles. The number of aliphatic hydroxyl groups excluding tert-OH is 1. The Morgan fingerprint density at radius 3 is 2.74 bits per heavy atom. The van der Waals surface area contributed by atoms with Gasteiger partial charge in [-0.1, -0.05) is 37.3 Å². The highest BCUT2D eigenvalue weighted by atomic mass is 16.5. The molecule has 0 bridgehead atoms. The standard InChI is InChI=1S/C26H40N4O5/c1-2-11-27-26(33)30-16-21(31)17-34-18-24-23(30)9-8-22(35-24)13-25(32)28-20-10-12-29(15-20)14-19-6-4-3-5-7-19/h3-7,20-24,31H,2,8-18H2,1H3,(H,27,33)(H,28,32)/t20-,21-,22-,23+,24-/m0/s1. The number of hydrogen-bond donors (Lipinski definition) is 3. The van der Waals surface area contributed by atoms with Gasteiger partial charge >= 0.3 is 6.03 Å². The number of nitrogens with one attached hydrogen (secondary N) is 2. The number of urea groups is 1. The van der Waals surface area contributed by atoms with E-state index in [1.807, 2.05) is 13.0 Å². The maximum absolute atomic E-state index is 12.8. The number of amides is 3. The second kappa shape index (κ2) is 12.7. The van der Waals surface area contributed by atoms with E-state index in [4.69, 9.17) is 9.47 Å². The van der Waals surface area contributed by atoms with Gasteiger partial charge in [0, 0.05) is 32.2 Å². The molecule has 0 aromatic heterocycles. The zero-order chi connectivity index (χ0) is 24.6. The normalized spacial score (nSPS) is 29.7. The van der Waals surface area contributed by atoms with Gasteiger partial charge in [-0.3, -0.25) is 9.69 Å². The molecule has 5 atom stereocenters. The summed E-state index contributed by atoms with van der Waals surface area (Å²) in [5.41, 5.74) is 1.29. The number of β-amino-alcohol motifs (C(OH)–C–C–N with tert-alkyl or cyclic N) is 1. The minimum absolute atomic E-state index is 0.0136. The van der Waals surface area contributed by atoms with Crippen LogP contribution in [0.2, 0.25) is 0 Å². The van der Waals surface area contributed by atoms with E-state index in [1.54, 1.807) is 4.90 Å². The van der Waals surface area contributed by atoms with Crippen molar-refractivity contribution in [3.05, 3.63) is 35.9 Å². The monoisotopic (exact) mass is 488 g/mol. The summed E-state index contributed by atoms with van der Waals surface area (Å²) in [6, 6.07) is 10.2. The van der Waals surface area contributed by atoms with Gasteiger partial charge < -0.3 is 30.1 Å². The van der Waals surface area contributed by atoms with Crippen LogP contribution in [0.1, 0.15) is 44.6 Å². The number of carbonyl (C=O) groups excluding carboxylic acids is 2. The molecule has 0 spiro atoms. The summed E-state index contributed by atoms with van der Waals surface area (Å²) in [7, 11) is 0. The van der Waals surface area contributed by atoms with Crippen LogP contribution in [0.5, 0.6) is 0 Å². The summed E-state index contributed by atoms with van der Waals surface area (Å²) in [6.45, 7) is 6.01. The van der Waals surface area contributed by atoms with E-state index in [0.717, 1.165) is 32.5 Å². The van der Waals surface area contributed by atoms with Crippen molar-refractivity contribution < 1.29 is 24.2 Å². The first-order valence-electron chi connectivity index (χ1n) is 13.0. The number of likely N-dealkylation sites (tertiary alicyclic amines) is 1. The Morgan fingerprint density at radius 2 is 1.94 bits per heavy atom. The summed E-state index contributed by atoms with van der Waals surface area (Å²) in [5, 5.41) is 16.3. The van der Waals surface area contributed by atoms with Crippen molar-refractivity contribution in [3.8, 4) is 0 Å². The first-order chi connectivity index (χ1) is 17.0. The van der Waals surface area contributed by atoms with E-state index in [1.165, 1.54) is 5.56 Å². The Hall–Kier alpha value is -2.20. The van der Waals surface area contributed by atoms with E-state index in [-0.39, 0.29) is 49.4 Å². The molecule has 0 unspecified atom stereocenters. The molecule has 9 heteroatoms. The van der Waals surface area contributed by atoms with Crippen molar-refractivity contribution in [2.75, 3.05) is 39.4 Å². The summed E-state index contributed by atoms with van der Waals surface area (Å²) < 4.78 is 11.9. The fraction of sp³-hybridized carbons (Fsp3) is 0.692. The van der Waals surface area contributed by atoms with E-state index in [2.05, 4.69) is 39.8 Å². The Labute approximate surface area is 208 Å². The second-order valence-electron chi connectivity index (χ2n) is 9.99. The average molecular weight is 489 g/mol. The third-order valence-corrected chi connectivity index (χ3v) is 7.07. The quantitative estimate of drug-likeness (QED) is 0.538. The van der Waals surface area contributed by atoms with Crippen molar-refractivity contribution in [3.63, 3.8) is 0 Å². The van der Waals surface area contributed by atoms with Gasteiger partial charge in [0.2, 0.25) is 5.91 Å². The molecule has 4 rings (SSSR count). The minimum atomic E-state index is -0.723. The lowest BCUT2D eigenvalue weighted by molar-refractivity contribution is -0.150. The molecule has 0 saturated carbocycles.